The second kappa shape index (κ2) is 5.49. The van der Waals surface area contributed by atoms with E-state index in [1.54, 1.807) is 11.3 Å². The third-order valence-corrected chi connectivity index (χ3v) is 5.13. The van der Waals surface area contributed by atoms with Gasteiger partial charge in [0.1, 0.15) is 0 Å². The van der Waals surface area contributed by atoms with Crippen LogP contribution in [0.4, 0.5) is 0 Å². The summed E-state index contributed by atoms with van der Waals surface area (Å²) >= 11 is 8.13. The van der Waals surface area contributed by atoms with Crippen molar-refractivity contribution in [2.45, 2.75) is 25.4 Å². The van der Waals surface area contributed by atoms with E-state index in [4.69, 9.17) is 11.6 Å². The highest BCUT2D eigenvalue weighted by Gasteiger charge is 2.18. The highest BCUT2D eigenvalue weighted by Crippen LogP contribution is 2.35. The molecule has 0 saturated carbocycles. The van der Waals surface area contributed by atoms with Crippen molar-refractivity contribution in [3.63, 3.8) is 0 Å². The molecule has 1 saturated heterocycles. The van der Waals surface area contributed by atoms with Crippen LogP contribution in [0.5, 0.6) is 0 Å². The summed E-state index contributed by atoms with van der Waals surface area (Å²) in [5.41, 5.74) is 0. The summed E-state index contributed by atoms with van der Waals surface area (Å²) in [4.78, 5) is 12.3. The predicted octanol–water partition coefficient (Wildman–Crippen LogP) is 2.92. The number of hydrogen-bond donors (Lipinski definition) is 2. The fourth-order valence-electron chi connectivity index (χ4n) is 2.32. The first-order chi connectivity index (χ1) is 9.24. The van der Waals surface area contributed by atoms with Gasteiger partial charge in [0.25, 0.3) is 0 Å². The molecular formula is C14H15ClN2OS. The van der Waals surface area contributed by atoms with E-state index in [9.17, 15) is 4.79 Å². The molecule has 1 atom stereocenters. The Kier molecular flexibility index (Phi) is 3.73. The van der Waals surface area contributed by atoms with Crippen molar-refractivity contribution < 1.29 is 4.79 Å². The predicted molar refractivity (Wildman–Crippen MR) is 79.7 cm³/mol. The number of rotatable bonds is 3. The molecule has 3 rings (SSSR count). The molecule has 0 spiro atoms. The molecule has 0 bridgehead atoms. The SMILES string of the molecule is O=C1CCC(NCc2sc3ccccc3c2Cl)CN1. The first kappa shape index (κ1) is 12.9. The number of hydrogen-bond acceptors (Lipinski definition) is 3. The van der Waals surface area contributed by atoms with Crippen LogP contribution in [0.2, 0.25) is 5.02 Å². The number of piperidine rings is 1. The molecule has 2 N–H and O–H groups in total. The van der Waals surface area contributed by atoms with Crippen LogP contribution in [-0.2, 0) is 11.3 Å². The van der Waals surface area contributed by atoms with Crippen LogP contribution in [0.3, 0.4) is 0 Å². The number of fused-ring (bicyclic) bond motifs is 1. The third-order valence-electron chi connectivity index (χ3n) is 3.42. The molecule has 1 aliphatic heterocycles. The lowest BCUT2D eigenvalue weighted by atomic mass is 10.1. The largest absolute Gasteiger partial charge is 0.355 e. The molecule has 1 amide bonds. The molecule has 3 nitrogen and oxygen atoms in total. The Morgan fingerprint density at radius 3 is 3.00 bits per heavy atom. The molecule has 0 aliphatic carbocycles. The Morgan fingerprint density at radius 2 is 2.26 bits per heavy atom. The number of halogens is 1. The van der Waals surface area contributed by atoms with E-state index in [0.29, 0.717) is 19.0 Å². The fourth-order valence-corrected chi connectivity index (χ4v) is 3.77. The van der Waals surface area contributed by atoms with E-state index in [0.717, 1.165) is 23.4 Å². The van der Waals surface area contributed by atoms with Gasteiger partial charge in [0.05, 0.1) is 5.02 Å². The molecule has 2 heterocycles. The molecule has 1 aromatic carbocycles. The number of thiophene rings is 1. The zero-order valence-corrected chi connectivity index (χ0v) is 12.0. The Balaban J connectivity index is 1.68. The molecule has 19 heavy (non-hydrogen) atoms. The Hall–Kier alpha value is -1.10. The summed E-state index contributed by atoms with van der Waals surface area (Å²) in [6, 6.07) is 8.53. The van der Waals surface area contributed by atoms with Gasteiger partial charge in [0.2, 0.25) is 5.91 Å². The van der Waals surface area contributed by atoms with Crippen LogP contribution in [0, 0.1) is 0 Å². The highest BCUT2D eigenvalue weighted by molar-refractivity contribution is 7.19. The second-order valence-corrected chi connectivity index (χ2v) is 6.27. The molecule has 1 fully saturated rings. The minimum atomic E-state index is 0.151. The molecular weight excluding hydrogens is 280 g/mol. The molecule has 1 unspecified atom stereocenters. The maximum absolute atomic E-state index is 11.1. The monoisotopic (exact) mass is 294 g/mol. The molecule has 2 aromatic rings. The van der Waals surface area contributed by atoms with Crippen LogP contribution >= 0.6 is 22.9 Å². The second-order valence-electron chi connectivity index (χ2n) is 4.76. The molecule has 5 heteroatoms. The fraction of sp³-hybridized carbons (Fsp3) is 0.357. The topological polar surface area (TPSA) is 41.1 Å². The van der Waals surface area contributed by atoms with E-state index < -0.39 is 0 Å². The summed E-state index contributed by atoms with van der Waals surface area (Å²) in [5, 5.41) is 8.33. The average Bonchev–Trinajstić information content (AvgIpc) is 2.76. The van der Waals surface area contributed by atoms with Crippen molar-refractivity contribution >= 4 is 38.9 Å². The van der Waals surface area contributed by atoms with Gasteiger partial charge < -0.3 is 10.6 Å². The van der Waals surface area contributed by atoms with Gasteiger partial charge in [0, 0.05) is 40.5 Å². The van der Waals surface area contributed by atoms with Crippen molar-refractivity contribution in [1.29, 1.82) is 0 Å². The number of amides is 1. The van der Waals surface area contributed by atoms with Crippen LogP contribution in [0.15, 0.2) is 24.3 Å². The molecule has 100 valence electrons. The van der Waals surface area contributed by atoms with Crippen molar-refractivity contribution in [3.8, 4) is 0 Å². The van der Waals surface area contributed by atoms with Gasteiger partial charge >= 0.3 is 0 Å². The lowest BCUT2D eigenvalue weighted by molar-refractivity contribution is -0.122. The van der Waals surface area contributed by atoms with Crippen molar-refractivity contribution in [3.05, 3.63) is 34.2 Å². The molecule has 0 radical (unpaired) electrons. The average molecular weight is 295 g/mol. The minimum absolute atomic E-state index is 0.151. The van der Waals surface area contributed by atoms with Gasteiger partial charge in [-0.2, -0.15) is 0 Å². The maximum Gasteiger partial charge on any atom is 0.220 e. The molecule has 1 aliphatic rings. The standard InChI is InChI=1S/C14H15ClN2OS/c15-14-10-3-1-2-4-11(10)19-12(14)8-16-9-5-6-13(18)17-7-9/h1-4,9,16H,5-8H2,(H,17,18). The number of carbonyl (C=O) groups excluding carboxylic acids is 1. The van der Waals surface area contributed by atoms with Gasteiger partial charge in [-0.15, -0.1) is 11.3 Å². The van der Waals surface area contributed by atoms with Gasteiger partial charge in [-0.3, -0.25) is 4.79 Å². The van der Waals surface area contributed by atoms with Crippen molar-refractivity contribution in [2.24, 2.45) is 0 Å². The summed E-state index contributed by atoms with van der Waals surface area (Å²) in [5.74, 6) is 0.151. The maximum atomic E-state index is 11.1. The van der Waals surface area contributed by atoms with Gasteiger partial charge in [-0.25, -0.2) is 0 Å². The number of carbonyl (C=O) groups is 1. The lowest BCUT2D eigenvalue weighted by Crippen LogP contribution is -2.45. The van der Waals surface area contributed by atoms with Crippen molar-refractivity contribution in [1.82, 2.24) is 10.6 Å². The van der Waals surface area contributed by atoms with Crippen LogP contribution < -0.4 is 10.6 Å². The number of benzene rings is 1. The Bertz CT molecular complexity index is 601. The first-order valence-corrected chi connectivity index (χ1v) is 7.59. The summed E-state index contributed by atoms with van der Waals surface area (Å²) < 4.78 is 1.22. The quantitative estimate of drug-likeness (QED) is 0.914. The van der Waals surface area contributed by atoms with E-state index >= 15 is 0 Å². The van der Waals surface area contributed by atoms with Crippen molar-refractivity contribution in [2.75, 3.05) is 6.54 Å². The third kappa shape index (κ3) is 2.76. The molecule has 1 aromatic heterocycles. The normalized spacial score (nSPS) is 19.6. The minimum Gasteiger partial charge on any atom is -0.355 e. The summed E-state index contributed by atoms with van der Waals surface area (Å²) in [7, 11) is 0. The van der Waals surface area contributed by atoms with Crippen LogP contribution in [0.1, 0.15) is 17.7 Å². The smallest absolute Gasteiger partial charge is 0.220 e. The van der Waals surface area contributed by atoms with E-state index in [2.05, 4.69) is 22.8 Å². The van der Waals surface area contributed by atoms with Gasteiger partial charge in [0.15, 0.2) is 0 Å². The number of nitrogens with one attached hydrogen (secondary N) is 2. The summed E-state index contributed by atoms with van der Waals surface area (Å²) in [6.07, 6.45) is 1.51. The Morgan fingerprint density at radius 1 is 1.42 bits per heavy atom. The van der Waals surface area contributed by atoms with Gasteiger partial charge in [-0.1, -0.05) is 29.8 Å². The van der Waals surface area contributed by atoms with E-state index in [1.165, 1.54) is 9.58 Å². The van der Waals surface area contributed by atoms with E-state index in [-0.39, 0.29) is 5.91 Å². The van der Waals surface area contributed by atoms with Crippen LogP contribution in [0.25, 0.3) is 10.1 Å². The van der Waals surface area contributed by atoms with Gasteiger partial charge in [-0.05, 0) is 12.5 Å². The highest BCUT2D eigenvalue weighted by atomic mass is 35.5. The zero-order chi connectivity index (χ0) is 13.2. The Labute approximate surface area is 121 Å². The van der Waals surface area contributed by atoms with E-state index in [1.807, 2.05) is 12.1 Å². The zero-order valence-electron chi connectivity index (χ0n) is 10.4. The first-order valence-electron chi connectivity index (χ1n) is 6.40. The summed E-state index contributed by atoms with van der Waals surface area (Å²) in [6.45, 7) is 1.47. The lowest BCUT2D eigenvalue weighted by Gasteiger charge is -2.23. The van der Waals surface area contributed by atoms with Crippen LogP contribution in [-0.4, -0.2) is 18.5 Å².